The van der Waals surface area contributed by atoms with Crippen molar-refractivity contribution in [2.45, 2.75) is 31.3 Å². The highest BCUT2D eigenvalue weighted by atomic mass is 16.2. The molecule has 3 heterocycles. The van der Waals surface area contributed by atoms with Gasteiger partial charge >= 0.3 is 0 Å². The van der Waals surface area contributed by atoms with Gasteiger partial charge in [0.05, 0.1) is 5.69 Å². The van der Waals surface area contributed by atoms with Crippen LogP contribution in [0.25, 0.3) is 22.2 Å². The molecule has 0 unspecified atom stereocenters. The van der Waals surface area contributed by atoms with Crippen LogP contribution in [0, 0.1) is 0 Å². The number of rotatable bonds is 5. The van der Waals surface area contributed by atoms with E-state index in [4.69, 9.17) is 0 Å². The van der Waals surface area contributed by atoms with E-state index in [0.717, 1.165) is 33.4 Å². The molecule has 2 aromatic carbocycles. The molecule has 1 saturated heterocycles. The Morgan fingerprint density at radius 3 is 2.39 bits per heavy atom. The van der Waals surface area contributed by atoms with Gasteiger partial charge in [-0.15, -0.1) is 0 Å². The van der Waals surface area contributed by atoms with Crippen LogP contribution in [0.2, 0.25) is 0 Å². The Labute approximate surface area is 192 Å². The summed E-state index contributed by atoms with van der Waals surface area (Å²) in [6.07, 6.45) is 2.05. The second-order valence-corrected chi connectivity index (χ2v) is 8.57. The van der Waals surface area contributed by atoms with Crippen LogP contribution >= 0.6 is 0 Å². The number of nitrogens with one attached hydrogen (secondary N) is 2. The average Bonchev–Trinajstić information content (AvgIpc) is 3.14. The predicted octanol–water partition coefficient (Wildman–Crippen LogP) is 3.57. The first kappa shape index (κ1) is 20.9. The first-order chi connectivity index (χ1) is 16.0. The van der Waals surface area contributed by atoms with Gasteiger partial charge in [-0.2, -0.15) is 0 Å². The van der Waals surface area contributed by atoms with Gasteiger partial charge in [-0.1, -0.05) is 61.5 Å². The normalized spacial score (nSPS) is 19.2. The molecule has 33 heavy (non-hydrogen) atoms. The average molecular weight is 439 g/mol. The summed E-state index contributed by atoms with van der Waals surface area (Å²) >= 11 is 0. The molecule has 1 fully saturated rings. The molecular weight excluding hydrogens is 412 g/mol. The van der Waals surface area contributed by atoms with Crippen LogP contribution in [-0.2, 0) is 23.1 Å². The van der Waals surface area contributed by atoms with E-state index < -0.39 is 12.1 Å². The summed E-state index contributed by atoms with van der Waals surface area (Å²) < 4.78 is 2.17. The summed E-state index contributed by atoms with van der Waals surface area (Å²) in [6.45, 7) is 2.01. The van der Waals surface area contributed by atoms with E-state index in [-0.39, 0.29) is 17.7 Å². The third-order valence-electron chi connectivity index (χ3n) is 6.50. The number of carbonyl (C=O) groups is 2. The first-order valence-electron chi connectivity index (χ1n) is 11.2. The van der Waals surface area contributed by atoms with Crippen LogP contribution in [0.15, 0.2) is 79.0 Å². The summed E-state index contributed by atoms with van der Waals surface area (Å²) in [5.74, 6) is -0.584. The maximum Gasteiger partial charge on any atom is 0.243 e. The lowest BCUT2D eigenvalue weighted by molar-refractivity contribution is -0.137. The number of aryl methyl sites for hydroxylation is 1. The Balaban J connectivity index is 1.50. The molecule has 4 aromatic rings. The van der Waals surface area contributed by atoms with E-state index >= 15 is 0 Å². The summed E-state index contributed by atoms with van der Waals surface area (Å²) in [5, 5.41) is 7.02. The molecule has 0 aliphatic carbocycles. The number of hydrogen-bond donors (Lipinski definition) is 2. The Kier molecular flexibility index (Phi) is 5.42. The molecule has 0 radical (unpaired) electrons. The molecule has 166 valence electrons. The van der Waals surface area contributed by atoms with Gasteiger partial charge in [0.2, 0.25) is 11.8 Å². The van der Waals surface area contributed by atoms with Gasteiger partial charge in [-0.25, -0.2) is 0 Å². The van der Waals surface area contributed by atoms with E-state index in [1.807, 2.05) is 62.5 Å². The van der Waals surface area contributed by atoms with Gasteiger partial charge in [-0.3, -0.25) is 14.6 Å². The van der Waals surface area contributed by atoms with Gasteiger partial charge in [0, 0.05) is 42.2 Å². The summed E-state index contributed by atoms with van der Waals surface area (Å²) in [4.78, 5) is 30.4. The standard InChI is InChI=1S/C27H26N4O2/c1-17(24-27(33)29-21(26(32)30-24)16-19-12-8-9-15-28-19)23-20-13-6-7-14-22(20)31(2)25(23)18-10-4-3-5-11-18/h3-15,17,21,24H,16H2,1-2H3,(H,29,33)(H,30,32)/t17-,21+,24-/m1/s1. The van der Waals surface area contributed by atoms with Crippen LogP contribution in [0.3, 0.4) is 0 Å². The Morgan fingerprint density at radius 2 is 1.64 bits per heavy atom. The molecule has 3 atom stereocenters. The fraction of sp³-hybridized carbons (Fsp3) is 0.222. The van der Waals surface area contributed by atoms with E-state index in [2.05, 4.69) is 44.5 Å². The number of fused-ring (bicyclic) bond motifs is 1. The Morgan fingerprint density at radius 1 is 0.909 bits per heavy atom. The largest absolute Gasteiger partial charge is 0.343 e. The third-order valence-corrected chi connectivity index (χ3v) is 6.50. The van der Waals surface area contributed by atoms with Gasteiger partial charge in [0.25, 0.3) is 0 Å². The molecular formula is C27H26N4O2. The SMILES string of the molecule is C[C@H](c1c(-c2ccccc2)n(C)c2ccccc12)[C@H]1NC(=O)[C@H](Cc2ccccn2)NC1=O. The second-order valence-electron chi connectivity index (χ2n) is 8.57. The van der Waals surface area contributed by atoms with Crippen molar-refractivity contribution in [3.8, 4) is 11.3 Å². The van der Waals surface area contributed by atoms with Gasteiger partial charge in [0.1, 0.15) is 12.1 Å². The zero-order valence-electron chi connectivity index (χ0n) is 18.7. The second kappa shape index (κ2) is 8.54. The van der Waals surface area contributed by atoms with Crippen LogP contribution in [0.1, 0.15) is 24.1 Å². The molecule has 6 nitrogen and oxygen atoms in total. The molecule has 6 heteroatoms. The molecule has 2 amide bonds. The highest BCUT2D eigenvalue weighted by molar-refractivity contribution is 5.99. The number of amides is 2. The van der Waals surface area contributed by atoms with Crippen LogP contribution < -0.4 is 10.6 Å². The number of carbonyl (C=O) groups excluding carboxylic acids is 2. The number of pyridine rings is 1. The van der Waals surface area contributed by atoms with Crippen LogP contribution in [0.5, 0.6) is 0 Å². The maximum atomic E-state index is 13.2. The van der Waals surface area contributed by atoms with Crippen molar-refractivity contribution in [1.82, 2.24) is 20.2 Å². The van der Waals surface area contributed by atoms with Gasteiger partial charge < -0.3 is 15.2 Å². The summed E-state index contributed by atoms with van der Waals surface area (Å²) in [5.41, 5.74) is 5.05. The maximum absolute atomic E-state index is 13.2. The minimum atomic E-state index is -0.661. The highest BCUT2D eigenvalue weighted by Gasteiger charge is 2.39. The van der Waals surface area contributed by atoms with Crippen molar-refractivity contribution in [1.29, 1.82) is 0 Å². The number of hydrogen-bond acceptors (Lipinski definition) is 3. The number of nitrogens with zero attached hydrogens (tertiary/aromatic N) is 2. The number of para-hydroxylation sites is 1. The van der Waals surface area contributed by atoms with Crippen molar-refractivity contribution in [2.75, 3.05) is 0 Å². The third kappa shape index (κ3) is 3.78. The minimum absolute atomic E-state index is 0.171. The van der Waals surface area contributed by atoms with E-state index in [9.17, 15) is 9.59 Å². The van der Waals surface area contributed by atoms with Crippen molar-refractivity contribution in [3.63, 3.8) is 0 Å². The van der Waals surface area contributed by atoms with E-state index in [1.165, 1.54) is 0 Å². The van der Waals surface area contributed by atoms with Crippen molar-refractivity contribution in [3.05, 3.63) is 90.3 Å². The van der Waals surface area contributed by atoms with Crippen LogP contribution in [-0.4, -0.2) is 33.4 Å². The smallest absolute Gasteiger partial charge is 0.243 e. The first-order valence-corrected chi connectivity index (χ1v) is 11.2. The lowest BCUT2D eigenvalue weighted by Crippen LogP contribution is -2.63. The fourth-order valence-electron chi connectivity index (χ4n) is 4.87. The van der Waals surface area contributed by atoms with Crippen molar-refractivity contribution >= 4 is 22.7 Å². The lowest BCUT2D eigenvalue weighted by Gasteiger charge is -2.33. The van der Waals surface area contributed by atoms with Crippen LogP contribution in [0.4, 0.5) is 0 Å². The minimum Gasteiger partial charge on any atom is -0.343 e. The molecule has 2 aromatic heterocycles. The van der Waals surface area contributed by atoms with E-state index in [1.54, 1.807) is 6.20 Å². The fourth-order valence-corrected chi connectivity index (χ4v) is 4.87. The lowest BCUT2D eigenvalue weighted by atomic mass is 9.87. The number of piperazine rings is 1. The Bertz CT molecular complexity index is 1310. The molecule has 2 N–H and O–H groups in total. The summed E-state index contributed by atoms with van der Waals surface area (Å²) in [6, 6.07) is 22.6. The molecule has 0 spiro atoms. The zero-order valence-corrected chi connectivity index (χ0v) is 18.7. The molecule has 5 rings (SSSR count). The van der Waals surface area contributed by atoms with Crippen molar-refractivity contribution < 1.29 is 9.59 Å². The molecule has 1 aliphatic rings. The molecule has 0 saturated carbocycles. The van der Waals surface area contributed by atoms with E-state index in [0.29, 0.717) is 6.42 Å². The molecule has 0 bridgehead atoms. The quantitative estimate of drug-likeness (QED) is 0.500. The molecule has 1 aliphatic heterocycles. The highest BCUT2D eigenvalue weighted by Crippen LogP contribution is 2.39. The van der Waals surface area contributed by atoms with Crippen molar-refractivity contribution in [2.24, 2.45) is 7.05 Å². The summed E-state index contributed by atoms with van der Waals surface area (Å²) in [7, 11) is 2.04. The van der Waals surface area contributed by atoms with Gasteiger partial charge in [-0.05, 0) is 29.3 Å². The number of aromatic nitrogens is 2. The Hall–Kier alpha value is -3.93. The van der Waals surface area contributed by atoms with Gasteiger partial charge in [0.15, 0.2) is 0 Å². The topological polar surface area (TPSA) is 76.0 Å². The predicted molar refractivity (Wildman–Crippen MR) is 129 cm³/mol. The monoisotopic (exact) mass is 438 g/mol. The zero-order chi connectivity index (χ0) is 22.9. The number of benzene rings is 2.